The number of hydrogen-bond acceptors (Lipinski definition) is 4. The van der Waals surface area contributed by atoms with E-state index in [1.807, 2.05) is 0 Å². The summed E-state index contributed by atoms with van der Waals surface area (Å²) < 4.78 is 4.78. The van der Waals surface area contributed by atoms with Crippen LogP contribution < -0.4 is 10.6 Å². The highest BCUT2D eigenvalue weighted by Gasteiger charge is 2.17. The van der Waals surface area contributed by atoms with E-state index in [1.54, 1.807) is 7.11 Å². The topological polar surface area (TPSA) is 108 Å². The van der Waals surface area contributed by atoms with Crippen LogP contribution in [-0.4, -0.2) is 68.3 Å². The maximum Gasteiger partial charge on any atom is 0.317 e. The fraction of sp³-hybridized carbons (Fsp3) is 0.750. The molecule has 0 saturated heterocycles. The minimum absolute atomic E-state index is 0.112. The van der Waals surface area contributed by atoms with E-state index in [0.29, 0.717) is 13.2 Å². The van der Waals surface area contributed by atoms with Gasteiger partial charge >= 0.3 is 12.0 Å². The third kappa shape index (κ3) is 8.30. The summed E-state index contributed by atoms with van der Waals surface area (Å²) in [4.78, 5) is 34.9. The van der Waals surface area contributed by atoms with Crippen LogP contribution in [0.2, 0.25) is 0 Å². The van der Waals surface area contributed by atoms with Gasteiger partial charge in [0.05, 0.1) is 12.5 Å². The molecule has 0 aromatic rings. The van der Waals surface area contributed by atoms with Gasteiger partial charge in [0.1, 0.15) is 0 Å². The summed E-state index contributed by atoms with van der Waals surface area (Å²) in [6.07, 6.45) is 0.164. The molecular formula is C12H23N3O5. The van der Waals surface area contributed by atoms with Gasteiger partial charge in [-0.25, -0.2) is 4.79 Å². The summed E-state index contributed by atoms with van der Waals surface area (Å²) in [6.45, 7) is 2.70. The Kier molecular flexibility index (Phi) is 9.10. The molecule has 0 bridgehead atoms. The van der Waals surface area contributed by atoms with Gasteiger partial charge in [0.15, 0.2) is 0 Å². The van der Waals surface area contributed by atoms with Gasteiger partial charge in [-0.3, -0.25) is 9.59 Å². The molecular weight excluding hydrogens is 266 g/mol. The average molecular weight is 289 g/mol. The highest BCUT2D eigenvalue weighted by Crippen LogP contribution is 1.98. The summed E-state index contributed by atoms with van der Waals surface area (Å²) in [7, 11) is 3.05. The Morgan fingerprint density at radius 3 is 2.45 bits per heavy atom. The van der Waals surface area contributed by atoms with Crippen LogP contribution in [0.25, 0.3) is 0 Å². The molecule has 0 aliphatic rings. The predicted molar refractivity (Wildman–Crippen MR) is 72.3 cm³/mol. The fourth-order valence-electron chi connectivity index (χ4n) is 1.37. The van der Waals surface area contributed by atoms with E-state index in [9.17, 15) is 14.4 Å². The molecule has 0 aromatic heterocycles. The number of nitrogens with zero attached hydrogens (tertiary/aromatic N) is 1. The number of methoxy groups -OCH3 is 1. The molecule has 0 heterocycles. The highest BCUT2D eigenvalue weighted by molar-refractivity contribution is 5.78. The number of carboxylic acid groups (broad SMARTS) is 1. The first-order chi connectivity index (χ1) is 9.38. The van der Waals surface area contributed by atoms with Crippen molar-refractivity contribution in [1.82, 2.24) is 15.5 Å². The average Bonchev–Trinajstić information content (AvgIpc) is 2.38. The lowest BCUT2D eigenvalue weighted by Gasteiger charge is -2.19. The molecule has 8 nitrogen and oxygen atoms in total. The lowest BCUT2D eigenvalue weighted by atomic mass is 10.2. The first kappa shape index (κ1) is 18.2. The molecule has 0 spiro atoms. The fourth-order valence-corrected chi connectivity index (χ4v) is 1.37. The molecule has 0 aliphatic carbocycles. The van der Waals surface area contributed by atoms with Gasteiger partial charge in [0, 0.05) is 40.2 Å². The maximum absolute atomic E-state index is 11.6. The molecule has 1 atom stereocenters. The summed E-state index contributed by atoms with van der Waals surface area (Å²) in [5.74, 6) is -1.77. The monoisotopic (exact) mass is 289 g/mol. The molecule has 1 unspecified atom stereocenters. The second-order valence-electron chi connectivity index (χ2n) is 4.44. The zero-order valence-corrected chi connectivity index (χ0v) is 12.1. The molecule has 0 fully saturated rings. The molecule has 0 saturated carbocycles. The molecule has 0 rings (SSSR count). The summed E-state index contributed by atoms with van der Waals surface area (Å²) in [5, 5.41) is 13.9. The van der Waals surface area contributed by atoms with Crippen molar-refractivity contribution in [2.75, 3.05) is 40.4 Å². The molecule has 0 aliphatic heterocycles. The largest absolute Gasteiger partial charge is 0.481 e. The van der Waals surface area contributed by atoms with Crippen LogP contribution in [-0.2, 0) is 14.3 Å². The number of aliphatic carboxylic acids is 1. The number of carbonyl (C=O) groups excluding carboxylic acids is 2. The number of carboxylic acids is 1. The van der Waals surface area contributed by atoms with Gasteiger partial charge < -0.3 is 25.4 Å². The van der Waals surface area contributed by atoms with Crippen molar-refractivity contribution in [1.29, 1.82) is 0 Å². The highest BCUT2D eigenvalue weighted by atomic mass is 16.5. The quantitative estimate of drug-likeness (QED) is 0.496. The summed E-state index contributed by atoms with van der Waals surface area (Å²) in [6, 6.07) is -0.400. The Hall–Kier alpha value is -1.83. The lowest BCUT2D eigenvalue weighted by molar-refractivity contribution is -0.141. The number of nitrogens with one attached hydrogen (secondary N) is 2. The normalized spacial score (nSPS) is 11.6. The van der Waals surface area contributed by atoms with Gasteiger partial charge in [0.2, 0.25) is 5.91 Å². The van der Waals surface area contributed by atoms with Crippen LogP contribution in [0.3, 0.4) is 0 Å². The molecule has 0 aromatic carbocycles. The SMILES string of the molecule is COCCNC(=O)CCNC(=O)N(C)CC(C)C(=O)O. The number of ether oxygens (including phenoxy) is 1. The molecule has 0 radical (unpaired) electrons. The first-order valence-electron chi connectivity index (χ1n) is 6.35. The Labute approximate surface area is 118 Å². The first-order valence-corrected chi connectivity index (χ1v) is 6.35. The van der Waals surface area contributed by atoms with Crippen molar-refractivity contribution >= 4 is 17.9 Å². The standard InChI is InChI=1S/C12H23N3O5/c1-9(11(17)18)8-15(2)12(19)14-5-4-10(16)13-6-7-20-3/h9H,4-8H2,1-3H3,(H,13,16)(H,14,19)(H,17,18). The molecule has 116 valence electrons. The van der Waals surface area contributed by atoms with Crippen molar-refractivity contribution in [2.24, 2.45) is 5.92 Å². The number of carbonyl (C=O) groups is 3. The van der Waals surface area contributed by atoms with Crippen LogP contribution in [0.4, 0.5) is 4.79 Å². The smallest absolute Gasteiger partial charge is 0.317 e. The molecule has 3 amide bonds. The van der Waals surface area contributed by atoms with Crippen LogP contribution in [0, 0.1) is 5.92 Å². The number of hydrogen-bond donors (Lipinski definition) is 3. The molecule has 20 heavy (non-hydrogen) atoms. The van der Waals surface area contributed by atoms with Crippen molar-refractivity contribution in [3.8, 4) is 0 Å². The Morgan fingerprint density at radius 2 is 1.90 bits per heavy atom. The van der Waals surface area contributed by atoms with E-state index in [1.165, 1.54) is 18.9 Å². The lowest BCUT2D eigenvalue weighted by Crippen LogP contribution is -2.42. The maximum atomic E-state index is 11.6. The third-order valence-corrected chi connectivity index (χ3v) is 2.57. The van der Waals surface area contributed by atoms with Crippen molar-refractivity contribution < 1.29 is 24.2 Å². The molecule has 8 heteroatoms. The number of urea groups is 1. The van der Waals surface area contributed by atoms with E-state index in [4.69, 9.17) is 9.84 Å². The third-order valence-electron chi connectivity index (χ3n) is 2.57. The second-order valence-corrected chi connectivity index (χ2v) is 4.44. The van der Waals surface area contributed by atoms with E-state index >= 15 is 0 Å². The zero-order chi connectivity index (χ0) is 15.5. The van der Waals surface area contributed by atoms with Crippen molar-refractivity contribution in [3.63, 3.8) is 0 Å². The Bertz CT molecular complexity index is 335. The van der Waals surface area contributed by atoms with Gasteiger partial charge in [-0.2, -0.15) is 0 Å². The van der Waals surface area contributed by atoms with Crippen LogP contribution in [0.5, 0.6) is 0 Å². The Morgan fingerprint density at radius 1 is 1.25 bits per heavy atom. The minimum Gasteiger partial charge on any atom is -0.481 e. The van der Waals surface area contributed by atoms with Crippen molar-refractivity contribution in [3.05, 3.63) is 0 Å². The van der Waals surface area contributed by atoms with Crippen LogP contribution in [0.1, 0.15) is 13.3 Å². The van der Waals surface area contributed by atoms with Crippen molar-refractivity contribution in [2.45, 2.75) is 13.3 Å². The Balaban J connectivity index is 3.81. The van der Waals surface area contributed by atoms with Gasteiger partial charge in [-0.05, 0) is 0 Å². The predicted octanol–water partition coefficient (Wildman–Crippen LogP) is -0.499. The molecule has 3 N–H and O–H groups in total. The van der Waals surface area contributed by atoms with E-state index in [0.717, 1.165) is 0 Å². The van der Waals surface area contributed by atoms with Crippen LogP contribution >= 0.6 is 0 Å². The van der Waals surface area contributed by atoms with E-state index in [2.05, 4.69) is 10.6 Å². The number of amides is 3. The van der Waals surface area contributed by atoms with Gasteiger partial charge in [0.25, 0.3) is 0 Å². The van der Waals surface area contributed by atoms with E-state index < -0.39 is 17.9 Å². The zero-order valence-electron chi connectivity index (χ0n) is 12.1. The van der Waals surface area contributed by atoms with Crippen LogP contribution in [0.15, 0.2) is 0 Å². The van der Waals surface area contributed by atoms with E-state index in [-0.39, 0.29) is 25.4 Å². The summed E-state index contributed by atoms with van der Waals surface area (Å²) >= 11 is 0. The summed E-state index contributed by atoms with van der Waals surface area (Å²) in [5.41, 5.74) is 0. The van der Waals surface area contributed by atoms with Gasteiger partial charge in [-0.15, -0.1) is 0 Å². The van der Waals surface area contributed by atoms with Gasteiger partial charge in [-0.1, -0.05) is 6.92 Å². The minimum atomic E-state index is -0.956. The number of rotatable bonds is 9. The second kappa shape index (κ2) is 10.0.